The Morgan fingerprint density at radius 3 is 2.89 bits per heavy atom. The Kier molecular flexibility index (Phi) is 9.24. The second-order valence-corrected chi connectivity index (χ2v) is 8.21. The second-order valence-electron chi connectivity index (χ2n) is 7.15. The van der Waals surface area contributed by atoms with E-state index in [9.17, 15) is 5.11 Å². The molecule has 7 heteroatoms. The minimum Gasteiger partial charge on any atom is -0.496 e. The molecule has 0 saturated carbocycles. The van der Waals surface area contributed by atoms with Crippen molar-refractivity contribution in [2.45, 2.75) is 24.7 Å². The van der Waals surface area contributed by atoms with Crippen LogP contribution in [0, 0.1) is 11.3 Å². The van der Waals surface area contributed by atoms with Crippen molar-refractivity contribution in [2.75, 3.05) is 52.8 Å². The van der Waals surface area contributed by atoms with E-state index in [1.54, 1.807) is 14.2 Å². The fraction of sp³-hybridized carbons (Fsp3) is 0.650. The summed E-state index contributed by atoms with van der Waals surface area (Å²) in [6.45, 7) is 5.48. The number of rotatable bonds is 10. The molecule has 152 valence electrons. The maximum Gasteiger partial charge on any atom is 0.191 e. The number of hydrogen-bond acceptors (Lipinski definition) is 5. The number of hydrogen-bond donors (Lipinski definition) is 3. The van der Waals surface area contributed by atoms with Crippen LogP contribution in [0.5, 0.6) is 5.75 Å². The number of aliphatic imine (C=N–C) groups is 1. The molecule has 1 saturated heterocycles. The normalized spacial score (nSPS) is 21.1. The van der Waals surface area contributed by atoms with Gasteiger partial charge in [-0.25, -0.2) is 0 Å². The van der Waals surface area contributed by atoms with Crippen molar-refractivity contribution in [2.24, 2.45) is 16.3 Å². The number of methoxy groups -OCH3 is 1. The molecule has 0 aliphatic carbocycles. The Morgan fingerprint density at radius 2 is 2.22 bits per heavy atom. The topological polar surface area (TPSA) is 75.1 Å². The van der Waals surface area contributed by atoms with Crippen LogP contribution in [0.1, 0.15) is 19.8 Å². The molecule has 1 aliphatic heterocycles. The average Bonchev–Trinajstić information content (AvgIpc) is 3.15. The second kappa shape index (κ2) is 11.4. The fourth-order valence-corrected chi connectivity index (χ4v) is 4.15. The highest BCUT2D eigenvalue weighted by Crippen LogP contribution is 2.31. The molecule has 1 aromatic carbocycles. The summed E-state index contributed by atoms with van der Waals surface area (Å²) in [7, 11) is 3.49. The highest BCUT2D eigenvalue weighted by Gasteiger charge is 2.34. The average molecular weight is 396 g/mol. The van der Waals surface area contributed by atoms with E-state index in [1.165, 1.54) is 4.90 Å². The number of nitrogens with one attached hydrogen (secondary N) is 2. The van der Waals surface area contributed by atoms with E-state index in [-0.39, 0.29) is 12.0 Å². The Hall–Kier alpha value is -1.44. The van der Waals surface area contributed by atoms with Gasteiger partial charge in [-0.1, -0.05) is 19.1 Å². The third-order valence-electron chi connectivity index (χ3n) is 4.89. The molecule has 1 fully saturated rings. The smallest absolute Gasteiger partial charge is 0.191 e. The lowest BCUT2D eigenvalue weighted by atomic mass is 9.84. The number of thioether (sulfide) groups is 1. The molecular formula is C20H33N3O3S. The molecule has 0 bridgehead atoms. The summed E-state index contributed by atoms with van der Waals surface area (Å²) in [6, 6.07) is 8.11. The molecule has 0 aromatic heterocycles. The third-order valence-corrected chi connectivity index (χ3v) is 6.28. The summed E-state index contributed by atoms with van der Waals surface area (Å²) in [5, 5.41) is 16.2. The minimum absolute atomic E-state index is 0.0116. The van der Waals surface area contributed by atoms with E-state index in [2.05, 4.69) is 28.6 Å². The highest BCUT2D eigenvalue weighted by atomic mass is 32.2. The first-order chi connectivity index (χ1) is 13.1. The van der Waals surface area contributed by atoms with Gasteiger partial charge in [0.1, 0.15) is 5.75 Å². The van der Waals surface area contributed by atoms with Gasteiger partial charge in [0.25, 0.3) is 0 Å². The number of aliphatic hydroxyl groups is 1. The van der Waals surface area contributed by atoms with Crippen LogP contribution in [0.15, 0.2) is 34.2 Å². The van der Waals surface area contributed by atoms with Crippen LogP contribution in [0.2, 0.25) is 0 Å². The number of para-hydroxylation sites is 1. The van der Waals surface area contributed by atoms with Gasteiger partial charge >= 0.3 is 0 Å². The zero-order valence-corrected chi connectivity index (χ0v) is 17.5. The summed E-state index contributed by atoms with van der Waals surface area (Å²) in [4.78, 5) is 5.49. The van der Waals surface area contributed by atoms with Crippen LogP contribution in [0.4, 0.5) is 0 Å². The lowest BCUT2D eigenvalue weighted by Gasteiger charge is -2.28. The van der Waals surface area contributed by atoms with E-state index in [1.807, 2.05) is 30.0 Å². The summed E-state index contributed by atoms with van der Waals surface area (Å²) >= 11 is 1.81. The van der Waals surface area contributed by atoms with Gasteiger partial charge < -0.3 is 25.2 Å². The summed E-state index contributed by atoms with van der Waals surface area (Å²) in [5.74, 6) is 3.19. The molecule has 2 unspecified atom stereocenters. The number of nitrogens with zero attached hydrogens (tertiary/aromatic N) is 1. The van der Waals surface area contributed by atoms with Crippen molar-refractivity contribution in [3.05, 3.63) is 24.3 Å². The molecule has 0 spiro atoms. The molecule has 1 aliphatic rings. The van der Waals surface area contributed by atoms with Crippen LogP contribution in [0.3, 0.4) is 0 Å². The van der Waals surface area contributed by atoms with Crippen molar-refractivity contribution < 1.29 is 14.6 Å². The predicted octanol–water partition coefficient (Wildman–Crippen LogP) is 2.38. The standard InChI is InChI=1S/C20H33N3O3S/c1-16(13-27-18-7-5-4-6-17(18)25-3)12-22-19(21-2)23-14-20(8-10-24)9-11-26-15-20/h4-7,16,24H,8-15H2,1-3H3,(H2,21,22,23). The molecule has 1 heterocycles. The largest absolute Gasteiger partial charge is 0.496 e. The Morgan fingerprint density at radius 1 is 1.41 bits per heavy atom. The first-order valence-corrected chi connectivity index (χ1v) is 10.5. The summed E-state index contributed by atoms with van der Waals surface area (Å²) in [5.41, 5.74) is 0.0116. The van der Waals surface area contributed by atoms with Crippen molar-refractivity contribution >= 4 is 17.7 Å². The van der Waals surface area contributed by atoms with Crippen molar-refractivity contribution in [3.63, 3.8) is 0 Å². The first-order valence-electron chi connectivity index (χ1n) is 9.51. The fourth-order valence-electron chi connectivity index (χ4n) is 3.10. The molecule has 27 heavy (non-hydrogen) atoms. The van der Waals surface area contributed by atoms with Gasteiger partial charge in [0.2, 0.25) is 0 Å². The molecule has 1 aromatic rings. The SMILES string of the molecule is CN=C(NCC(C)CSc1ccccc1OC)NCC1(CCO)CCOC1. The molecular weight excluding hydrogens is 362 g/mol. The van der Waals surface area contributed by atoms with Crippen molar-refractivity contribution in [1.29, 1.82) is 0 Å². The van der Waals surface area contributed by atoms with Gasteiger partial charge in [-0.05, 0) is 30.9 Å². The summed E-state index contributed by atoms with van der Waals surface area (Å²) < 4.78 is 11.0. The Labute approximate surface area is 167 Å². The molecule has 2 atom stereocenters. The van der Waals surface area contributed by atoms with Gasteiger partial charge in [0.15, 0.2) is 5.96 Å². The minimum atomic E-state index is 0.0116. The van der Waals surface area contributed by atoms with Gasteiger partial charge in [0.05, 0.1) is 13.7 Å². The van der Waals surface area contributed by atoms with Gasteiger partial charge in [0, 0.05) is 49.4 Å². The van der Waals surface area contributed by atoms with Crippen LogP contribution in [-0.2, 0) is 4.74 Å². The monoisotopic (exact) mass is 395 g/mol. The van der Waals surface area contributed by atoms with Crippen LogP contribution >= 0.6 is 11.8 Å². The highest BCUT2D eigenvalue weighted by molar-refractivity contribution is 7.99. The molecule has 6 nitrogen and oxygen atoms in total. The number of aliphatic hydroxyl groups excluding tert-OH is 1. The van der Waals surface area contributed by atoms with Gasteiger partial charge in [-0.3, -0.25) is 4.99 Å². The van der Waals surface area contributed by atoms with E-state index >= 15 is 0 Å². The predicted molar refractivity (Wildman–Crippen MR) is 112 cm³/mol. The summed E-state index contributed by atoms with van der Waals surface area (Å²) in [6.07, 6.45) is 1.73. The van der Waals surface area contributed by atoms with E-state index in [4.69, 9.17) is 9.47 Å². The molecule has 0 amide bonds. The van der Waals surface area contributed by atoms with Gasteiger partial charge in [-0.15, -0.1) is 11.8 Å². The first kappa shape index (κ1) is 21.9. The Bertz CT molecular complexity index is 592. The zero-order chi connectivity index (χ0) is 19.5. The maximum atomic E-state index is 9.34. The van der Waals surface area contributed by atoms with Crippen LogP contribution in [-0.4, -0.2) is 63.9 Å². The molecule has 2 rings (SSSR count). The van der Waals surface area contributed by atoms with E-state index < -0.39 is 0 Å². The number of guanidine groups is 1. The van der Waals surface area contributed by atoms with Crippen molar-refractivity contribution in [1.82, 2.24) is 10.6 Å². The van der Waals surface area contributed by atoms with E-state index in [0.29, 0.717) is 12.5 Å². The quantitative estimate of drug-likeness (QED) is 0.321. The lowest BCUT2D eigenvalue weighted by Crippen LogP contribution is -2.45. The van der Waals surface area contributed by atoms with Crippen molar-refractivity contribution in [3.8, 4) is 5.75 Å². The van der Waals surface area contributed by atoms with Crippen LogP contribution in [0.25, 0.3) is 0 Å². The third kappa shape index (κ3) is 6.90. The number of ether oxygens (including phenoxy) is 2. The molecule has 0 radical (unpaired) electrons. The maximum absolute atomic E-state index is 9.34. The van der Waals surface area contributed by atoms with Gasteiger partial charge in [-0.2, -0.15) is 0 Å². The van der Waals surface area contributed by atoms with E-state index in [0.717, 1.165) is 50.0 Å². The number of benzene rings is 1. The zero-order valence-electron chi connectivity index (χ0n) is 16.7. The molecule has 3 N–H and O–H groups in total. The van der Waals surface area contributed by atoms with Crippen LogP contribution < -0.4 is 15.4 Å². The lowest BCUT2D eigenvalue weighted by molar-refractivity contribution is 0.127. The Balaban J connectivity index is 1.74.